The Balaban J connectivity index is 2.13. The van der Waals surface area contributed by atoms with Gasteiger partial charge in [0.2, 0.25) is 0 Å². The number of benzene rings is 2. The Morgan fingerprint density at radius 1 is 1.05 bits per heavy atom. The molecule has 0 fully saturated rings. The lowest BCUT2D eigenvalue weighted by Crippen LogP contribution is -2.08. The van der Waals surface area contributed by atoms with E-state index in [-0.39, 0.29) is 0 Å². The van der Waals surface area contributed by atoms with Gasteiger partial charge in [0.1, 0.15) is 5.75 Å². The Morgan fingerprint density at radius 2 is 1.90 bits per heavy atom. The van der Waals surface area contributed by atoms with Crippen LogP contribution >= 0.6 is 0 Å². The molecule has 0 bridgehead atoms. The van der Waals surface area contributed by atoms with Crippen LogP contribution in [0.4, 0.5) is 0 Å². The van der Waals surface area contributed by atoms with E-state index in [9.17, 15) is 0 Å². The fraction of sp³-hybridized carbons (Fsp3) is 0.412. The molecule has 20 heavy (non-hydrogen) atoms. The van der Waals surface area contributed by atoms with E-state index in [4.69, 9.17) is 15.2 Å². The molecule has 0 saturated carbocycles. The molecule has 3 nitrogen and oxygen atoms in total. The molecule has 0 aliphatic carbocycles. The highest BCUT2D eigenvalue weighted by molar-refractivity contribution is 5.87. The lowest BCUT2D eigenvalue weighted by molar-refractivity contribution is 0.130. The van der Waals surface area contributed by atoms with Crippen LogP contribution in [0.1, 0.15) is 18.9 Å². The average molecular weight is 273 g/mol. The highest BCUT2D eigenvalue weighted by atomic mass is 16.5. The van der Waals surface area contributed by atoms with Crippen molar-refractivity contribution in [2.24, 2.45) is 5.73 Å². The molecule has 0 aromatic heterocycles. The highest BCUT2D eigenvalue weighted by Gasteiger charge is 2.08. The number of fused-ring (bicyclic) bond motifs is 1. The molecule has 0 aliphatic rings. The zero-order valence-corrected chi connectivity index (χ0v) is 12.1. The summed E-state index contributed by atoms with van der Waals surface area (Å²) in [5.41, 5.74) is 6.95. The minimum absolute atomic E-state index is 0.628. The standard InChI is InChI=1S/C17H23NO2/c1-2-19-12-5-13-20-17-9-8-14-6-3-4-7-15(14)16(17)10-11-18/h3-4,6-9H,2,5,10-13,18H2,1H3. The minimum Gasteiger partial charge on any atom is -0.493 e. The van der Waals surface area contributed by atoms with Crippen LogP contribution in [0.2, 0.25) is 0 Å². The van der Waals surface area contributed by atoms with Crippen LogP contribution in [-0.2, 0) is 11.2 Å². The zero-order chi connectivity index (χ0) is 14.2. The molecular weight excluding hydrogens is 250 g/mol. The Bertz CT molecular complexity index is 540. The Labute approximate surface area is 120 Å². The maximum absolute atomic E-state index is 5.91. The van der Waals surface area contributed by atoms with Gasteiger partial charge in [-0.1, -0.05) is 30.3 Å². The van der Waals surface area contributed by atoms with E-state index >= 15 is 0 Å². The lowest BCUT2D eigenvalue weighted by Gasteiger charge is -2.14. The SMILES string of the molecule is CCOCCCOc1ccc2ccccc2c1CCN. The third-order valence-corrected chi connectivity index (χ3v) is 3.29. The molecule has 2 rings (SSSR count). The molecule has 0 amide bonds. The van der Waals surface area contributed by atoms with Crippen LogP contribution < -0.4 is 10.5 Å². The van der Waals surface area contributed by atoms with Gasteiger partial charge in [-0.25, -0.2) is 0 Å². The topological polar surface area (TPSA) is 44.5 Å². The first-order valence-electron chi connectivity index (χ1n) is 7.28. The molecule has 2 aromatic rings. The van der Waals surface area contributed by atoms with Crippen molar-refractivity contribution in [2.45, 2.75) is 19.8 Å². The second-order valence-corrected chi connectivity index (χ2v) is 4.70. The van der Waals surface area contributed by atoms with Gasteiger partial charge in [-0.15, -0.1) is 0 Å². The summed E-state index contributed by atoms with van der Waals surface area (Å²) in [6.45, 7) is 4.81. The first-order valence-corrected chi connectivity index (χ1v) is 7.28. The van der Waals surface area contributed by atoms with Crippen molar-refractivity contribution in [1.29, 1.82) is 0 Å². The fourth-order valence-electron chi connectivity index (χ4n) is 2.34. The van der Waals surface area contributed by atoms with Gasteiger partial charge < -0.3 is 15.2 Å². The fourth-order valence-corrected chi connectivity index (χ4v) is 2.34. The van der Waals surface area contributed by atoms with Crippen LogP contribution in [0.25, 0.3) is 10.8 Å². The molecule has 108 valence electrons. The monoisotopic (exact) mass is 273 g/mol. The zero-order valence-electron chi connectivity index (χ0n) is 12.1. The van der Waals surface area contributed by atoms with Crippen molar-refractivity contribution < 1.29 is 9.47 Å². The van der Waals surface area contributed by atoms with Gasteiger partial charge in [-0.3, -0.25) is 0 Å². The molecular formula is C17H23NO2. The summed E-state index contributed by atoms with van der Waals surface area (Å²) < 4.78 is 11.2. The van der Waals surface area contributed by atoms with Gasteiger partial charge in [0, 0.05) is 25.2 Å². The summed E-state index contributed by atoms with van der Waals surface area (Å²) in [6, 6.07) is 12.5. The maximum Gasteiger partial charge on any atom is 0.123 e. The second kappa shape index (κ2) is 7.88. The minimum atomic E-state index is 0.628. The van der Waals surface area contributed by atoms with E-state index in [0.29, 0.717) is 13.2 Å². The van der Waals surface area contributed by atoms with Gasteiger partial charge in [0.05, 0.1) is 6.61 Å². The summed E-state index contributed by atoms with van der Waals surface area (Å²) in [7, 11) is 0. The van der Waals surface area contributed by atoms with E-state index < -0.39 is 0 Å². The maximum atomic E-state index is 5.91. The molecule has 2 N–H and O–H groups in total. The van der Waals surface area contributed by atoms with Crippen LogP contribution in [0.3, 0.4) is 0 Å². The molecule has 0 aliphatic heterocycles. The quantitative estimate of drug-likeness (QED) is 0.751. The molecule has 0 unspecified atom stereocenters. The Kier molecular flexibility index (Phi) is 5.84. The summed E-state index contributed by atoms with van der Waals surface area (Å²) in [4.78, 5) is 0. The second-order valence-electron chi connectivity index (χ2n) is 4.70. The van der Waals surface area contributed by atoms with E-state index in [0.717, 1.165) is 31.8 Å². The van der Waals surface area contributed by atoms with E-state index in [2.05, 4.69) is 30.3 Å². The largest absolute Gasteiger partial charge is 0.493 e. The smallest absolute Gasteiger partial charge is 0.123 e. The number of hydrogen-bond donors (Lipinski definition) is 1. The van der Waals surface area contributed by atoms with Gasteiger partial charge in [-0.2, -0.15) is 0 Å². The average Bonchev–Trinajstić information content (AvgIpc) is 2.49. The van der Waals surface area contributed by atoms with E-state index in [1.807, 2.05) is 13.0 Å². The predicted octanol–water partition coefficient (Wildman–Crippen LogP) is 3.15. The van der Waals surface area contributed by atoms with Gasteiger partial charge in [0.25, 0.3) is 0 Å². The van der Waals surface area contributed by atoms with Gasteiger partial charge in [-0.05, 0) is 36.7 Å². The van der Waals surface area contributed by atoms with Gasteiger partial charge >= 0.3 is 0 Å². The van der Waals surface area contributed by atoms with Crippen molar-refractivity contribution in [1.82, 2.24) is 0 Å². The third kappa shape index (κ3) is 3.71. The summed E-state index contributed by atoms with van der Waals surface area (Å²) in [5, 5.41) is 2.47. The molecule has 0 heterocycles. The first-order chi connectivity index (χ1) is 9.86. The van der Waals surface area contributed by atoms with E-state index in [1.54, 1.807) is 0 Å². The van der Waals surface area contributed by atoms with Crippen molar-refractivity contribution in [3.05, 3.63) is 42.0 Å². The lowest BCUT2D eigenvalue weighted by atomic mass is 10.0. The Hall–Kier alpha value is -1.58. The van der Waals surface area contributed by atoms with Crippen LogP contribution in [-0.4, -0.2) is 26.4 Å². The normalized spacial score (nSPS) is 10.9. The van der Waals surface area contributed by atoms with E-state index in [1.165, 1.54) is 16.3 Å². The molecule has 0 atom stereocenters. The van der Waals surface area contributed by atoms with Crippen LogP contribution in [0, 0.1) is 0 Å². The van der Waals surface area contributed by atoms with Crippen molar-refractivity contribution >= 4 is 10.8 Å². The first kappa shape index (κ1) is 14.8. The molecule has 0 saturated heterocycles. The third-order valence-electron chi connectivity index (χ3n) is 3.29. The molecule has 2 aromatic carbocycles. The number of ether oxygens (including phenoxy) is 2. The molecule has 0 spiro atoms. The number of nitrogens with two attached hydrogens (primary N) is 1. The molecule has 3 heteroatoms. The van der Waals surface area contributed by atoms with Crippen molar-refractivity contribution in [3.8, 4) is 5.75 Å². The van der Waals surface area contributed by atoms with Crippen molar-refractivity contribution in [3.63, 3.8) is 0 Å². The summed E-state index contributed by atoms with van der Waals surface area (Å²) >= 11 is 0. The summed E-state index contributed by atoms with van der Waals surface area (Å²) in [6.07, 6.45) is 1.74. The predicted molar refractivity (Wildman–Crippen MR) is 83.3 cm³/mol. The molecule has 0 radical (unpaired) electrons. The highest BCUT2D eigenvalue weighted by Crippen LogP contribution is 2.28. The number of rotatable bonds is 8. The summed E-state index contributed by atoms with van der Waals surface area (Å²) in [5.74, 6) is 0.950. The Morgan fingerprint density at radius 3 is 2.70 bits per heavy atom. The van der Waals surface area contributed by atoms with Crippen LogP contribution in [0.5, 0.6) is 5.75 Å². The van der Waals surface area contributed by atoms with Crippen LogP contribution in [0.15, 0.2) is 36.4 Å². The van der Waals surface area contributed by atoms with Crippen molar-refractivity contribution in [2.75, 3.05) is 26.4 Å². The van der Waals surface area contributed by atoms with Gasteiger partial charge in [0.15, 0.2) is 0 Å². The number of hydrogen-bond acceptors (Lipinski definition) is 3.